The third kappa shape index (κ3) is 1.99. The van der Waals surface area contributed by atoms with Gasteiger partial charge in [-0.05, 0) is 19.9 Å². The second-order valence-corrected chi connectivity index (χ2v) is 3.99. The molecule has 0 aliphatic heterocycles. The normalized spacial score (nSPS) is 10.8. The average molecular weight is 255 g/mol. The van der Waals surface area contributed by atoms with Gasteiger partial charge in [0, 0.05) is 18.9 Å². The summed E-state index contributed by atoms with van der Waals surface area (Å²) >= 11 is 0. The van der Waals surface area contributed by atoms with Gasteiger partial charge < -0.3 is 5.32 Å². The molecule has 0 saturated heterocycles. The van der Waals surface area contributed by atoms with Crippen molar-refractivity contribution >= 4 is 16.9 Å². The van der Waals surface area contributed by atoms with Crippen LogP contribution in [0.15, 0.2) is 24.7 Å². The van der Waals surface area contributed by atoms with E-state index in [9.17, 15) is 0 Å². The minimum absolute atomic E-state index is 0.498. The Morgan fingerprint density at radius 2 is 2.00 bits per heavy atom. The lowest BCUT2D eigenvalue weighted by molar-refractivity contribution is 0.819. The summed E-state index contributed by atoms with van der Waals surface area (Å²) in [7, 11) is 0. The Kier molecular flexibility index (Phi) is 2.79. The fraction of sp³-hybridized carbons (Fsp3) is 0.250. The molecule has 96 valence electrons. The van der Waals surface area contributed by atoms with E-state index >= 15 is 0 Å². The summed E-state index contributed by atoms with van der Waals surface area (Å²) in [5.74, 6) is 1.96. The summed E-state index contributed by atoms with van der Waals surface area (Å²) in [6, 6.07) is 1.76. The second kappa shape index (κ2) is 4.60. The highest BCUT2D eigenvalue weighted by Gasteiger charge is 2.13. The van der Waals surface area contributed by atoms with Crippen LogP contribution in [-0.4, -0.2) is 36.3 Å². The second-order valence-electron chi connectivity index (χ2n) is 3.99. The van der Waals surface area contributed by atoms with Crippen molar-refractivity contribution in [2.24, 2.45) is 0 Å². The first-order chi connectivity index (χ1) is 9.29. The lowest BCUT2D eigenvalue weighted by Gasteiger charge is -2.05. The summed E-state index contributed by atoms with van der Waals surface area (Å²) in [5, 5.41) is 8.37. The van der Waals surface area contributed by atoms with E-state index in [4.69, 9.17) is 0 Å². The summed E-state index contributed by atoms with van der Waals surface area (Å²) in [5.41, 5.74) is 0.703. The molecule has 0 amide bonds. The average Bonchev–Trinajstić information content (AvgIpc) is 2.84. The standard InChI is InChI=1S/C12H13N7/c1-3-13-10-9-7-16-19(11(9)18-8(2)17-10)12-14-5-4-6-15-12/h4-7H,3H2,1-2H3,(H,13,17,18). The van der Waals surface area contributed by atoms with E-state index < -0.39 is 0 Å². The number of hydrogen-bond acceptors (Lipinski definition) is 6. The molecule has 0 fully saturated rings. The molecule has 3 aromatic heterocycles. The number of hydrogen-bond donors (Lipinski definition) is 1. The SMILES string of the molecule is CCNc1nc(C)nc2c1cnn2-c1ncccn1. The molecule has 7 heteroatoms. The van der Waals surface area contributed by atoms with Crippen molar-refractivity contribution in [3.05, 3.63) is 30.5 Å². The van der Waals surface area contributed by atoms with Crippen LogP contribution >= 0.6 is 0 Å². The Bertz CT molecular complexity index is 705. The van der Waals surface area contributed by atoms with Crippen molar-refractivity contribution in [1.29, 1.82) is 0 Å². The molecule has 3 heterocycles. The zero-order valence-electron chi connectivity index (χ0n) is 10.7. The van der Waals surface area contributed by atoms with Crippen molar-refractivity contribution < 1.29 is 0 Å². The maximum Gasteiger partial charge on any atom is 0.252 e. The lowest BCUT2D eigenvalue weighted by Crippen LogP contribution is -2.06. The van der Waals surface area contributed by atoms with Crippen LogP contribution < -0.4 is 5.32 Å². The molecule has 0 atom stereocenters. The van der Waals surface area contributed by atoms with Gasteiger partial charge in [-0.25, -0.2) is 19.9 Å². The number of anilines is 1. The van der Waals surface area contributed by atoms with E-state index in [2.05, 4.69) is 30.4 Å². The smallest absolute Gasteiger partial charge is 0.252 e. The van der Waals surface area contributed by atoms with Crippen molar-refractivity contribution in [3.63, 3.8) is 0 Å². The molecule has 0 aliphatic carbocycles. The number of rotatable bonds is 3. The third-order valence-electron chi connectivity index (χ3n) is 2.63. The first kappa shape index (κ1) is 11.5. The predicted octanol–water partition coefficient (Wildman–Crippen LogP) is 1.35. The summed E-state index contributed by atoms with van der Waals surface area (Å²) in [6.45, 7) is 4.66. The third-order valence-corrected chi connectivity index (χ3v) is 2.63. The molecule has 0 radical (unpaired) electrons. The van der Waals surface area contributed by atoms with Gasteiger partial charge in [-0.1, -0.05) is 0 Å². The number of nitrogens with zero attached hydrogens (tertiary/aromatic N) is 6. The van der Waals surface area contributed by atoms with E-state index in [1.165, 1.54) is 0 Å². The summed E-state index contributed by atoms with van der Waals surface area (Å²) < 4.78 is 1.62. The van der Waals surface area contributed by atoms with E-state index in [1.807, 2.05) is 13.8 Å². The molecule has 3 rings (SSSR count). The number of nitrogens with one attached hydrogen (secondary N) is 1. The zero-order chi connectivity index (χ0) is 13.2. The molecule has 0 saturated carbocycles. The Morgan fingerprint density at radius 3 is 2.74 bits per heavy atom. The molecule has 0 unspecified atom stereocenters. The molecule has 3 aromatic rings. The van der Waals surface area contributed by atoms with E-state index in [-0.39, 0.29) is 0 Å². The van der Waals surface area contributed by atoms with Crippen LogP contribution in [-0.2, 0) is 0 Å². The number of fused-ring (bicyclic) bond motifs is 1. The van der Waals surface area contributed by atoms with Crippen LogP contribution in [0.1, 0.15) is 12.7 Å². The highest BCUT2D eigenvalue weighted by molar-refractivity contribution is 5.87. The summed E-state index contributed by atoms with van der Waals surface area (Å²) in [4.78, 5) is 17.2. The van der Waals surface area contributed by atoms with Crippen LogP contribution in [0.4, 0.5) is 5.82 Å². The number of aryl methyl sites for hydroxylation is 1. The highest BCUT2D eigenvalue weighted by Crippen LogP contribution is 2.21. The Morgan fingerprint density at radius 1 is 1.21 bits per heavy atom. The van der Waals surface area contributed by atoms with Crippen molar-refractivity contribution in [2.45, 2.75) is 13.8 Å². The Balaban J connectivity index is 2.23. The zero-order valence-corrected chi connectivity index (χ0v) is 10.7. The highest BCUT2D eigenvalue weighted by atomic mass is 15.4. The van der Waals surface area contributed by atoms with Gasteiger partial charge in [-0.2, -0.15) is 9.78 Å². The molecule has 0 bridgehead atoms. The maximum absolute atomic E-state index is 4.42. The number of aromatic nitrogens is 6. The van der Waals surface area contributed by atoms with Crippen LogP contribution in [0.2, 0.25) is 0 Å². The molecule has 0 aromatic carbocycles. The van der Waals surface area contributed by atoms with Crippen LogP contribution in [0.25, 0.3) is 17.0 Å². The lowest BCUT2D eigenvalue weighted by atomic mass is 10.4. The molecule has 0 aliphatic rings. The fourth-order valence-electron chi connectivity index (χ4n) is 1.87. The molecular weight excluding hydrogens is 242 g/mol. The van der Waals surface area contributed by atoms with E-state index in [0.29, 0.717) is 17.4 Å². The van der Waals surface area contributed by atoms with Crippen LogP contribution in [0, 0.1) is 6.92 Å². The van der Waals surface area contributed by atoms with E-state index in [0.717, 1.165) is 17.7 Å². The predicted molar refractivity (Wildman–Crippen MR) is 71.2 cm³/mol. The molecule has 1 N–H and O–H groups in total. The van der Waals surface area contributed by atoms with Crippen molar-refractivity contribution in [1.82, 2.24) is 29.7 Å². The quantitative estimate of drug-likeness (QED) is 0.760. The van der Waals surface area contributed by atoms with Crippen molar-refractivity contribution in [2.75, 3.05) is 11.9 Å². The van der Waals surface area contributed by atoms with Crippen LogP contribution in [0.5, 0.6) is 0 Å². The first-order valence-electron chi connectivity index (χ1n) is 6.03. The van der Waals surface area contributed by atoms with Gasteiger partial charge in [0.1, 0.15) is 11.6 Å². The molecule has 7 nitrogen and oxygen atoms in total. The Hall–Kier alpha value is -2.57. The van der Waals surface area contributed by atoms with Gasteiger partial charge in [0.05, 0.1) is 11.6 Å². The maximum atomic E-state index is 4.42. The van der Waals surface area contributed by atoms with Gasteiger partial charge >= 0.3 is 0 Å². The van der Waals surface area contributed by atoms with Gasteiger partial charge in [0.15, 0.2) is 5.65 Å². The minimum Gasteiger partial charge on any atom is -0.370 e. The van der Waals surface area contributed by atoms with Gasteiger partial charge in [0.2, 0.25) is 0 Å². The topological polar surface area (TPSA) is 81.4 Å². The minimum atomic E-state index is 0.498. The Labute approximate surface area is 109 Å². The van der Waals surface area contributed by atoms with E-state index in [1.54, 1.807) is 29.3 Å². The molecule has 0 spiro atoms. The largest absolute Gasteiger partial charge is 0.370 e. The summed E-state index contributed by atoms with van der Waals surface area (Å²) in [6.07, 6.45) is 5.08. The van der Waals surface area contributed by atoms with Gasteiger partial charge in [-0.15, -0.1) is 0 Å². The first-order valence-corrected chi connectivity index (χ1v) is 6.03. The van der Waals surface area contributed by atoms with Crippen LogP contribution in [0.3, 0.4) is 0 Å². The fourth-order valence-corrected chi connectivity index (χ4v) is 1.87. The van der Waals surface area contributed by atoms with Gasteiger partial charge in [-0.3, -0.25) is 0 Å². The molecular formula is C12H13N7. The van der Waals surface area contributed by atoms with Gasteiger partial charge in [0.25, 0.3) is 5.95 Å². The monoisotopic (exact) mass is 255 g/mol. The molecule has 19 heavy (non-hydrogen) atoms. The van der Waals surface area contributed by atoms with Crippen molar-refractivity contribution in [3.8, 4) is 5.95 Å².